The van der Waals surface area contributed by atoms with Crippen LogP contribution in [0.3, 0.4) is 0 Å². The van der Waals surface area contributed by atoms with Crippen molar-refractivity contribution in [1.29, 1.82) is 0 Å². The van der Waals surface area contributed by atoms with E-state index >= 15 is 0 Å². The van der Waals surface area contributed by atoms with Crippen LogP contribution in [0.4, 0.5) is 11.8 Å². The standard InChI is InChI=1S/C12H12N6O/c1-19-7-4-2-3-6(5-7)10-15-8-9(13)16-12(14)18-11(8)17-10/h2-5H,1H3,(H5,13,14,15,16,17,18). The van der Waals surface area contributed by atoms with Crippen LogP contribution in [-0.2, 0) is 0 Å². The Hall–Kier alpha value is -2.83. The van der Waals surface area contributed by atoms with Crippen LogP contribution in [0, 0.1) is 0 Å². The number of nitrogens with two attached hydrogens (primary N) is 2. The van der Waals surface area contributed by atoms with Crippen LogP contribution in [-0.4, -0.2) is 27.0 Å². The van der Waals surface area contributed by atoms with Gasteiger partial charge in [0, 0.05) is 5.56 Å². The zero-order chi connectivity index (χ0) is 13.4. The Morgan fingerprint density at radius 1 is 1.16 bits per heavy atom. The highest BCUT2D eigenvalue weighted by Crippen LogP contribution is 2.25. The van der Waals surface area contributed by atoms with Gasteiger partial charge in [0.25, 0.3) is 0 Å². The topological polar surface area (TPSA) is 116 Å². The van der Waals surface area contributed by atoms with E-state index in [4.69, 9.17) is 16.2 Å². The molecule has 0 unspecified atom stereocenters. The minimum Gasteiger partial charge on any atom is -0.497 e. The fourth-order valence-corrected chi connectivity index (χ4v) is 1.85. The van der Waals surface area contributed by atoms with Crippen molar-refractivity contribution in [3.05, 3.63) is 24.3 Å². The second kappa shape index (κ2) is 4.13. The summed E-state index contributed by atoms with van der Waals surface area (Å²) >= 11 is 0. The number of imidazole rings is 1. The highest BCUT2D eigenvalue weighted by molar-refractivity contribution is 5.85. The highest BCUT2D eigenvalue weighted by atomic mass is 16.5. The largest absolute Gasteiger partial charge is 0.497 e. The summed E-state index contributed by atoms with van der Waals surface area (Å²) < 4.78 is 5.18. The molecule has 0 aliphatic rings. The molecule has 0 aliphatic carbocycles. The van der Waals surface area contributed by atoms with Crippen molar-refractivity contribution < 1.29 is 4.74 Å². The predicted molar refractivity (Wildman–Crippen MR) is 72.5 cm³/mol. The predicted octanol–water partition coefficient (Wildman–Crippen LogP) is 1.19. The Morgan fingerprint density at radius 3 is 2.79 bits per heavy atom. The number of hydrogen-bond donors (Lipinski definition) is 3. The van der Waals surface area contributed by atoms with Gasteiger partial charge in [0.15, 0.2) is 17.0 Å². The van der Waals surface area contributed by atoms with Crippen LogP contribution in [0.15, 0.2) is 24.3 Å². The number of ether oxygens (including phenoxy) is 1. The Kier molecular flexibility index (Phi) is 2.45. The monoisotopic (exact) mass is 256 g/mol. The molecule has 0 bridgehead atoms. The second-order valence-electron chi connectivity index (χ2n) is 3.98. The minimum atomic E-state index is 0.117. The first-order valence-corrected chi connectivity index (χ1v) is 5.60. The van der Waals surface area contributed by atoms with Gasteiger partial charge in [-0.2, -0.15) is 9.97 Å². The van der Waals surface area contributed by atoms with E-state index in [9.17, 15) is 0 Å². The van der Waals surface area contributed by atoms with Crippen LogP contribution < -0.4 is 16.2 Å². The molecule has 0 aliphatic heterocycles. The number of anilines is 2. The Bertz CT molecular complexity index is 751. The van der Waals surface area contributed by atoms with Gasteiger partial charge >= 0.3 is 0 Å². The van der Waals surface area contributed by atoms with E-state index in [2.05, 4.69) is 19.9 Å². The van der Waals surface area contributed by atoms with Crippen molar-refractivity contribution in [1.82, 2.24) is 19.9 Å². The smallest absolute Gasteiger partial charge is 0.224 e. The second-order valence-corrected chi connectivity index (χ2v) is 3.98. The molecule has 0 spiro atoms. The van der Waals surface area contributed by atoms with Crippen molar-refractivity contribution in [3.8, 4) is 17.1 Å². The molecule has 96 valence electrons. The molecule has 1 aromatic carbocycles. The molecule has 0 atom stereocenters. The van der Waals surface area contributed by atoms with Crippen LogP contribution in [0.2, 0.25) is 0 Å². The SMILES string of the molecule is COc1cccc(-c2nc3c(N)nc(N)nc3[nH]2)c1. The van der Waals surface area contributed by atoms with Gasteiger partial charge in [-0.25, -0.2) is 4.98 Å². The lowest BCUT2D eigenvalue weighted by molar-refractivity contribution is 0.415. The van der Waals surface area contributed by atoms with Crippen LogP contribution >= 0.6 is 0 Å². The highest BCUT2D eigenvalue weighted by Gasteiger charge is 2.11. The lowest BCUT2D eigenvalue weighted by atomic mass is 10.2. The molecule has 3 aromatic rings. The normalized spacial score (nSPS) is 10.8. The third kappa shape index (κ3) is 1.90. The molecule has 0 amide bonds. The Balaban J connectivity index is 2.17. The fraction of sp³-hybridized carbons (Fsp3) is 0.0833. The van der Waals surface area contributed by atoms with Crippen LogP contribution in [0.25, 0.3) is 22.6 Å². The summed E-state index contributed by atoms with van der Waals surface area (Å²) in [4.78, 5) is 15.4. The number of fused-ring (bicyclic) bond motifs is 1. The summed E-state index contributed by atoms with van der Waals surface area (Å²) in [6.45, 7) is 0. The number of methoxy groups -OCH3 is 1. The van der Waals surface area contributed by atoms with Crippen molar-refractivity contribution in [2.45, 2.75) is 0 Å². The van der Waals surface area contributed by atoms with Crippen LogP contribution in [0.1, 0.15) is 0 Å². The van der Waals surface area contributed by atoms with Crippen molar-refractivity contribution >= 4 is 22.9 Å². The van der Waals surface area contributed by atoms with E-state index in [0.29, 0.717) is 17.0 Å². The van der Waals surface area contributed by atoms with Gasteiger partial charge in [0.05, 0.1) is 7.11 Å². The summed E-state index contributed by atoms with van der Waals surface area (Å²) in [5, 5.41) is 0. The van der Waals surface area contributed by atoms with Gasteiger partial charge in [-0.15, -0.1) is 0 Å². The third-order valence-electron chi connectivity index (χ3n) is 2.73. The van der Waals surface area contributed by atoms with Crippen molar-refractivity contribution in [3.63, 3.8) is 0 Å². The fourth-order valence-electron chi connectivity index (χ4n) is 1.85. The van der Waals surface area contributed by atoms with E-state index < -0.39 is 0 Å². The van der Waals surface area contributed by atoms with E-state index in [-0.39, 0.29) is 11.8 Å². The van der Waals surface area contributed by atoms with E-state index in [1.54, 1.807) is 7.11 Å². The first-order valence-electron chi connectivity index (χ1n) is 5.60. The molecule has 19 heavy (non-hydrogen) atoms. The van der Waals surface area contributed by atoms with Gasteiger partial charge in [-0.3, -0.25) is 0 Å². The molecule has 0 radical (unpaired) electrons. The first kappa shape index (κ1) is 11.3. The molecule has 7 heteroatoms. The number of nitrogens with zero attached hydrogens (tertiary/aromatic N) is 3. The summed E-state index contributed by atoms with van der Waals surface area (Å²) in [5.41, 5.74) is 13.2. The average molecular weight is 256 g/mol. The maximum atomic E-state index is 5.77. The number of nitrogen functional groups attached to an aromatic ring is 2. The number of benzene rings is 1. The van der Waals surface area contributed by atoms with Gasteiger partial charge in [0.2, 0.25) is 5.95 Å². The lowest BCUT2D eigenvalue weighted by Gasteiger charge is -2.01. The molecule has 7 nitrogen and oxygen atoms in total. The lowest BCUT2D eigenvalue weighted by Crippen LogP contribution is -1.99. The maximum absolute atomic E-state index is 5.77. The van der Waals surface area contributed by atoms with E-state index in [0.717, 1.165) is 11.3 Å². The molecular weight excluding hydrogens is 244 g/mol. The molecular formula is C12H12N6O. The molecule has 3 rings (SSSR count). The summed E-state index contributed by atoms with van der Waals surface area (Å²) in [6.07, 6.45) is 0. The minimum absolute atomic E-state index is 0.117. The van der Waals surface area contributed by atoms with Crippen molar-refractivity contribution in [2.75, 3.05) is 18.6 Å². The van der Waals surface area contributed by atoms with Crippen LogP contribution in [0.5, 0.6) is 5.75 Å². The quantitative estimate of drug-likeness (QED) is 0.634. The molecule has 0 saturated heterocycles. The number of aromatic amines is 1. The van der Waals surface area contributed by atoms with Gasteiger partial charge in [-0.1, -0.05) is 12.1 Å². The molecule has 0 fully saturated rings. The summed E-state index contributed by atoms with van der Waals surface area (Å²) in [7, 11) is 1.61. The first-order chi connectivity index (χ1) is 9.17. The van der Waals surface area contributed by atoms with Crippen molar-refractivity contribution in [2.24, 2.45) is 0 Å². The van der Waals surface area contributed by atoms with Gasteiger partial charge in [0.1, 0.15) is 11.6 Å². The molecule has 2 heterocycles. The molecule has 2 aromatic heterocycles. The Morgan fingerprint density at radius 2 is 2.00 bits per heavy atom. The number of H-pyrrole nitrogens is 1. The number of rotatable bonds is 2. The van der Waals surface area contributed by atoms with Gasteiger partial charge in [-0.05, 0) is 12.1 Å². The third-order valence-corrected chi connectivity index (χ3v) is 2.73. The molecule has 0 saturated carbocycles. The average Bonchev–Trinajstić information content (AvgIpc) is 2.83. The van der Waals surface area contributed by atoms with Gasteiger partial charge < -0.3 is 21.2 Å². The summed E-state index contributed by atoms with van der Waals surface area (Å²) in [5.74, 6) is 1.76. The Labute approximate surface area is 108 Å². The van der Waals surface area contributed by atoms with E-state index in [1.165, 1.54) is 0 Å². The number of aromatic nitrogens is 4. The zero-order valence-electron chi connectivity index (χ0n) is 10.2. The number of hydrogen-bond acceptors (Lipinski definition) is 6. The molecule has 5 N–H and O–H groups in total. The summed E-state index contributed by atoms with van der Waals surface area (Å²) in [6, 6.07) is 7.51. The zero-order valence-corrected chi connectivity index (χ0v) is 10.2. The van der Waals surface area contributed by atoms with E-state index in [1.807, 2.05) is 24.3 Å². The number of nitrogens with one attached hydrogen (secondary N) is 1. The maximum Gasteiger partial charge on any atom is 0.224 e.